The molecule has 0 saturated carbocycles. The van der Waals surface area contributed by atoms with Crippen LogP contribution in [0.3, 0.4) is 0 Å². The van der Waals surface area contributed by atoms with Crippen molar-refractivity contribution in [2.24, 2.45) is 5.92 Å². The number of ether oxygens (including phenoxy) is 1. The van der Waals surface area contributed by atoms with Crippen molar-refractivity contribution in [2.45, 2.75) is 39.3 Å². The Labute approximate surface area is 98.3 Å². The van der Waals surface area contributed by atoms with Gasteiger partial charge in [0.1, 0.15) is 0 Å². The summed E-state index contributed by atoms with van der Waals surface area (Å²) in [6.07, 6.45) is 1.10. The molecule has 1 amide bonds. The van der Waals surface area contributed by atoms with Crippen molar-refractivity contribution < 1.29 is 9.53 Å². The van der Waals surface area contributed by atoms with Crippen LogP contribution in [0.2, 0.25) is 0 Å². The van der Waals surface area contributed by atoms with E-state index in [-0.39, 0.29) is 11.9 Å². The van der Waals surface area contributed by atoms with Gasteiger partial charge in [-0.2, -0.15) is 0 Å². The molecular weight excluding hydrogens is 204 g/mol. The van der Waals surface area contributed by atoms with Gasteiger partial charge in [0.25, 0.3) is 0 Å². The Balaban J connectivity index is 2.25. The Hall–Kier alpha value is -0.610. The smallest absolute Gasteiger partial charge is 0.236 e. The Morgan fingerprint density at radius 2 is 2.19 bits per heavy atom. The van der Waals surface area contributed by atoms with Crippen LogP contribution < -0.4 is 5.32 Å². The molecule has 2 atom stereocenters. The highest BCUT2D eigenvalue weighted by Crippen LogP contribution is 2.16. The average Bonchev–Trinajstić information content (AvgIpc) is 2.77. The number of hydrogen-bond acceptors (Lipinski definition) is 3. The van der Waals surface area contributed by atoms with Crippen LogP contribution in [0, 0.1) is 5.92 Å². The monoisotopic (exact) mass is 228 g/mol. The fourth-order valence-corrected chi connectivity index (χ4v) is 1.77. The number of amides is 1. The van der Waals surface area contributed by atoms with Gasteiger partial charge in [-0.25, -0.2) is 0 Å². The fraction of sp³-hybridized carbons (Fsp3) is 0.917. The first-order valence-corrected chi connectivity index (χ1v) is 6.09. The molecule has 0 aliphatic carbocycles. The van der Waals surface area contributed by atoms with Crippen molar-refractivity contribution in [3.05, 3.63) is 0 Å². The van der Waals surface area contributed by atoms with Crippen molar-refractivity contribution in [3.63, 3.8) is 0 Å². The van der Waals surface area contributed by atoms with Gasteiger partial charge in [-0.3, -0.25) is 4.79 Å². The van der Waals surface area contributed by atoms with Gasteiger partial charge in [-0.1, -0.05) is 0 Å². The van der Waals surface area contributed by atoms with E-state index in [1.165, 1.54) is 0 Å². The Morgan fingerprint density at radius 1 is 1.50 bits per heavy atom. The van der Waals surface area contributed by atoms with Crippen LogP contribution in [0.1, 0.15) is 27.2 Å². The maximum atomic E-state index is 11.7. The first kappa shape index (κ1) is 13.5. The van der Waals surface area contributed by atoms with Gasteiger partial charge < -0.3 is 15.0 Å². The summed E-state index contributed by atoms with van der Waals surface area (Å²) in [4.78, 5) is 13.5. The Morgan fingerprint density at radius 3 is 2.69 bits per heavy atom. The summed E-state index contributed by atoms with van der Waals surface area (Å²) in [6.45, 7) is 8.27. The lowest BCUT2D eigenvalue weighted by molar-refractivity contribution is -0.130. The third-order valence-electron chi connectivity index (χ3n) is 3.42. The minimum Gasteiger partial charge on any atom is -0.381 e. The van der Waals surface area contributed by atoms with Crippen LogP contribution in [0.5, 0.6) is 0 Å². The van der Waals surface area contributed by atoms with E-state index in [2.05, 4.69) is 12.2 Å². The van der Waals surface area contributed by atoms with Crippen LogP contribution in [0.15, 0.2) is 0 Å². The highest BCUT2D eigenvalue weighted by molar-refractivity contribution is 5.78. The Kier molecular flexibility index (Phi) is 5.22. The lowest BCUT2D eigenvalue weighted by atomic mass is 10.0. The molecule has 0 bridgehead atoms. The van der Waals surface area contributed by atoms with E-state index in [9.17, 15) is 4.79 Å². The maximum Gasteiger partial charge on any atom is 0.236 e. The molecule has 94 valence electrons. The lowest BCUT2D eigenvalue weighted by Crippen LogP contribution is -2.44. The SMILES string of the molecule is CC(NCC(=O)N(C)C(C)C)C1CCOC1. The highest BCUT2D eigenvalue weighted by atomic mass is 16.5. The maximum absolute atomic E-state index is 11.7. The molecule has 16 heavy (non-hydrogen) atoms. The van der Waals surface area contributed by atoms with E-state index in [1.54, 1.807) is 4.90 Å². The van der Waals surface area contributed by atoms with Gasteiger partial charge in [0.2, 0.25) is 5.91 Å². The third-order valence-corrected chi connectivity index (χ3v) is 3.42. The summed E-state index contributed by atoms with van der Waals surface area (Å²) >= 11 is 0. The minimum absolute atomic E-state index is 0.153. The zero-order chi connectivity index (χ0) is 12.1. The quantitative estimate of drug-likeness (QED) is 0.759. The Bertz CT molecular complexity index is 225. The van der Waals surface area contributed by atoms with E-state index < -0.39 is 0 Å². The number of carbonyl (C=O) groups is 1. The number of nitrogens with zero attached hydrogens (tertiary/aromatic N) is 1. The first-order chi connectivity index (χ1) is 7.52. The van der Waals surface area contributed by atoms with E-state index in [0.717, 1.165) is 19.6 Å². The van der Waals surface area contributed by atoms with Gasteiger partial charge in [0.15, 0.2) is 0 Å². The molecule has 1 aliphatic heterocycles. The second-order valence-corrected chi connectivity index (χ2v) is 4.89. The molecule has 0 aromatic heterocycles. The van der Waals surface area contributed by atoms with Crippen molar-refractivity contribution in [1.82, 2.24) is 10.2 Å². The standard InChI is InChI=1S/C12H24N2O2/c1-9(2)14(4)12(15)7-13-10(3)11-5-6-16-8-11/h9-11,13H,5-8H2,1-4H3. The van der Waals surface area contributed by atoms with Gasteiger partial charge in [0, 0.05) is 25.7 Å². The summed E-state index contributed by atoms with van der Waals surface area (Å²) in [6, 6.07) is 0.617. The van der Waals surface area contributed by atoms with Crippen molar-refractivity contribution in [1.29, 1.82) is 0 Å². The molecule has 1 fully saturated rings. The number of likely N-dealkylation sites (N-methyl/N-ethyl adjacent to an activating group) is 1. The number of carbonyl (C=O) groups excluding carboxylic acids is 1. The fourth-order valence-electron chi connectivity index (χ4n) is 1.77. The van der Waals surface area contributed by atoms with Gasteiger partial charge >= 0.3 is 0 Å². The van der Waals surface area contributed by atoms with E-state index in [4.69, 9.17) is 4.74 Å². The molecule has 1 N–H and O–H groups in total. The predicted octanol–water partition coefficient (Wildman–Crippen LogP) is 0.868. The van der Waals surface area contributed by atoms with Crippen molar-refractivity contribution >= 4 is 5.91 Å². The second-order valence-electron chi connectivity index (χ2n) is 4.89. The molecule has 2 unspecified atom stereocenters. The molecule has 4 nitrogen and oxygen atoms in total. The molecule has 0 radical (unpaired) electrons. The molecule has 1 rings (SSSR count). The lowest BCUT2D eigenvalue weighted by Gasteiger charge is -2.24. The predicted molar refractivity (Wildman–Crippen MR) is 64.3 cm³/mol. The summed E-state index contributed by atoms with van der Waals surface area (Å²) in [5.74, 6) is 0.706. The molecule has 1 saturated heterocycles. The summed E-state index contributed by atoms with van der Waals surface area (Å²) in [5.41, 5.74) is 0. The molecular formula is C12H24N2O2. The van der Waals surface area contributed by atoms with E-state index in [0.29, 0.717) is 18.5 Å². The van der Waals surface area contributed by atoms with Gasteiger partial charge in [-0.05, 0) is 33.1 Å². The molecule has 1 heterocycles. The van der Waals surface area contributed by atoms with Crippen LogP contribution >= 0.6 is 0 Å². The van der Waals surface area contributed by atoms with Crippen LogP contribution in [-0.2, 0) is 9.53 Å². The second kappa shape index (κ2) is 6.21. The summed E-state index contributed by atoms with van der Waals surface area (Å²) in [7, 11) is 1.85. The number of rotatable bonds is 5. The zero-order valence-electron chi connectivity index (χ0n) is 10.8. The average molecular weight is 228 g/mol. The third kappa shape index (κ3) is 3.76. The zero-order valence-corrected chi connectivity index (χ0v) is 10.8. The molecule has 0 aromatic carbocycles. The minimum atomic E-state index is 0.153. The summed E-state index contributed by atoms with van der Waals surface area (Å²) < 4.78 is 5.34. The van der Waals surface area contributed by atoms with E-state index >= 15 is 0 Å². The van der Waals surface area contributed by atoms with Gasteiger partial charge in [-0.15, -0.1) is 0 Å². The molecule has 4 heteroatoms. The molecule has 0 spiro atoms. The van der Waals surface area contributed by atoms with Gasteiger partial charge in [0.05, 0.1) is 13.2 Å². The molecule has 1 aliphatic rings. The number of nitrogens with one attached hydrogen (secondary N) is 1. The normalized spacial score (nSPS) is 22.4. The largest absolute Gasteiger partial charge is 0.381 e. The topological polar surface area (TPSA) is 41.6 Å². The highest BCUT2D eigenvalue weighted by Gasteiger charge is 2.22. The van der Waals surface area contributed by atoms with Crippen molar-refractivity contribution in [2.75, 3.05) is 26.8 Å². The molecule has 0 aromatic rings. The first-order valence-electron chi connectivity index (χ1n) is 6.09. The van der Waals surface area contributed by atoms with Crippen LogP contribution in [-0.4, -0.2) is 49.7 Å². The van der Waals surface area contributed by atoms with Crippen LogP contribution in [0.4, 0.5) is 0 Å². The van der Waals surface area contributed by atoms with Crippen molar-refractivity contribution in [3.8, 4) is 0 Å². The van der Waals surface area contributed by atoms with E-state index in [1.807, 2.05) is 20.9 Å². The number of hydrogen-bond donors (Lipinski definition) is 1. The summed E-state index contributed by atoms with van der Waals surface area (Å²) in [5, 5.41) is 3.29. The van der Waals surface area contributed by atoms with Crippen LogP contribution in [0.25, 0.3) is 0 Å².